The van der Waals surface area contributed by atoms with E-state index in [4.69, 9.17) is 0 Å². The summed E-state index contributed by atoms with van der Waals surface area (Å²) < 4.78 is 190. The van der Waals surface area contributed by atoms with Crippen molar-refractivity contribution in [3.63, 3.8) is 0 Å². The first kappa shape index (κ1) is 50.2. The molecular weight excluding hydrogens is 1010 g/mol. The summed E-state index contributed by atoms with van der Waals surface area (Å²) in [5.74, 6) is -0.454. The lowest BCUT2D eigenvalue weighted by atomic mass is 10.00. The van der Waals surface area contributed by atoms with Crippen LogP contribution in [-0.4, -0.2) is 49.5 Å². The SMILES string of the molecule is Fc1ccccc1-c1nc2ccn(Cc3ccc(-c4ccc(C(F)(F)F)cc4C(F)(F)F)nn3)cc-2n1.Fc1ccccc1-c1nc2ccn(Cc3ccc(-c4ccc(C(F)(F)F)cc4C(F)(F)F)nn3)cc-2n1. The van der Waals surface area contributed by atoms with Crippen molar-refractivity contribution in [2.45, 2.75) is 37.8 Å². The van der Waals surface area contributed by atoms with Crippen molar-refractivity contribution in [3.05, 3.63) is 191 Å². The highest BCUT2D eigenvalue weighted by Gasteiger charge is 2.40. The summed E-state index contributed by atoms with van der Waals surface area (Å²) in [4.78, 5) is 17.4. The number of benzene rings is 4. The number of imidazole rings is 2. The zero-order valence-corrected chi connectivity index (χ0v) is 37.0. The summed E-state index contributed by atoms with van der Waals surface area (Å²) in [6.07, 6.45) is -13.2. The monoisotopic (exact) mass is 1030 g/mol. The van der Waals surface area contributed by atoms with Crippen LogP contribution in [-0.2, 0) is 37.8 Å². The summed E-state index contributed by atoms with van der Waals surface area (Å²) >= 11 is 0. The number of fused-ring (bicyclic) bond motifs is 2. The maximum Gasteiger partial charge on any atom is 0.417 e. The minimum atomic E-state index is -5.02. The molecule has 0 spiro atoms. The molecule has 6 heterocycles. The Balaban J connectivity index is 0.000000182. The molecule has 4 aromatic carbocycles. The van der Waals surface area contributed by atoms with Crippen LogP contribution in [0.3, 0.4) is 0 Å². The molecule has 0 radical (unpaired) electrons. The van der Waals surface area contributed by atoms with Gasteiger partial charge in [-0.2, -0.15) is 73.1 Å². The molecule has 2 aromatic heterocycles. The third-order valence-electron chi connectivity index (χ3n) is 11.1. The summed E-state index contributed by atoms with van der Waals surface area (Å²) in [7, 11) is 0. The summed E-state index contributed by atoms with van der Waals surface area (Å²) in [5.41, 5.74) is -3.86. The molecular formula is C50H28F14N10. The first-order valence-corrected chi connectivity index (χ1v) is 21.4. The molecule has 0 N–H and O–H groups in total. The molecule has 0 unspecified atom stereocenters. The van der Waals surface area contributed by atoms with Crippen LogP contribution in [0.1, 0.15) is 33.6 Å². The predicted octanol–water partition coefficient (Wildman–Crippen LogP) is 13.5. The van der Waals surface area contributed by atoms with Crippen LogP contribution in [0, 0.1) is 11.6 Å². The van der Waals surface area contributed by atoms with Crippen LogP contribution in [0.15, 0.2) is 146 Å². The Kier molecular flexibility index (Phi) is 13.2. The van der Waals surface area contributed by atoms with Gasteiger partial charge in [-0.3, -0.25) is 0 Å². The lowest BCUT2D eigenvalue weighted by molar-refractivity contribution is -0.144. The number of hydrogen-bond acceptors (Lipinski definition) is 8. The van der Waals surface area contributed by atoms with E-state index in [2.05, 4.69) is 40.3 Å². The Hall–Kier alpha value is -8.70. The third kappa shape index (κ3) is 11.0. The zero-order valence-electron chi connectivity index (χ0n) is 37.0. The molecule has 10 nitrogen and oxygen atoms in total. The molecule has 0 saturated heterocycles. The Morgan fingerprint density at radius 2 is 0.730 bits per heavy atom. The largest absolute Gasteiger partial charge is 0.417 e. The second-order valence-corrected chi connectivity index (χ2v) is 16.2. The molecule has 4 aliphatic rings. The number of rotatable bonds is 8. The molecule has 0 amide bonds. The Bertz CT molecular complexity index is 3310. The van der Waals surface area contributed by atoms with Crippen molar-refractivity contribution in [1.82, 2.24) is 49.5 Å². The molecule has 74 heavy (non-hydrogen) atoms. The van der Waals surface area contributed by atoms with Gasteiger partial charge in [-0.15, -0.1) is 0 Å². The molecule has 24 heteroatoms. The highest BCUT2D eigenvalue weighted by atomic mass is 19.4. The number of halogens is 14. The normalized spacial score (nSPS) is 12.3. The molecule has 0 aliphatic carbocycles. The van der Waals surface area contributed by atoms with Crippen LogP contribution < -0.4 is 0 Å². The van der Waals surface area contributed by atoms with Gasteiger partial charge in [0.15, 0.2) is 11.6 Å². The van der Waals surface area contributed by atoms with Gasteiger partial charge in [0, 0.05) is 35.9 Å². The van der Waals surface area contributed by atoms with E-state index >= 15 is 0 Å². The third-order valence-corrected chi connectivity index (χ3v) is 11.1. The van der Waals surface area contributed by atoms with Gasteiger partial charge in [0.1, 0.15) is 23.0 Å². The van der Waals surface area contributed by atoms with E-state index in [-0.39, 0.29) is 59.4 Å². The van der Waals surface area contributed by atoms with E-state index in [9.17, 15) is 61.5 Å². The fourth-order valence-corrected chi connectivity index (χ4v) is 7.53. The minimum Gasteiger partial charge on any atom is -0.346 e. The smallest absolute Gasteiger partial charge is 0.346 e. The van der Waals surface area contributed by atoms with E-state index < -0.39 is 69.7 Å². The van der Waals surface area contributed by atoms with Gasteiger partial charge in [-0.05, 0) is 84.9 Å². The highest BCUT2D eigenvalue weighted by Crippen LogP contribution is 2.42. The van der Waals surface area contributed by atoms with Crippen molar-refractivity contribution >= 4 is 0 Å². The van der Waals surface area contributed by atoms with Crippen LogP contribution in [0.4, 0.5) is 61.5 Å². The average molecular weight is 1030 g/mol. The quantitative estimate of drug-likeness (QED) is 0.138. The molecule has 0 saturated carbocycles. The molecule has 4 aliphatic heterocycles. The van der Waals surface area contributed by atoms with E-state index in [1.807, 2.05) is 0 Å². The summed E-state index contributed by atoms with van der Waals surface area (Å²) in [5, 5.41) is 15.5. The highest BCUT2D eigenvalue weighted by molar-refractivity contribution is 5.68. The first-order chi connectivity index (χ1) is 35.0. The van der Waals surface area contributed by atoms with Gasteiger partial charge < -0.3 is 9.13 Å². The standard InChI is InChI=1S/2C25H14F7N5/c2*26-19-4-2-1-3-17(19)23-33-21-9-10-37(13-22(21)34-23)12-15-6-8-20(36-35-15)16-7-5-14(24(27,28)29)11-18(16)25(30,31)32/h2*1-11,13H,12H2. The molecule has 6 aromatic rings. The van der Waals surface area contributed by atoms with Crippen molar-refractivity contribution in [2.24, 2.45) is 0 Å². The first-order valence-electron chi connectivity index (χ1n) is 21.4. The number of alkyl halides is 12. The minimum absolute atomic E-state index is 0.0620. The molecule has 0 bridgehead atoms. The summed E-state index contributed by atoms with van der Waals surface area (Å²) in [6, 6.07) is 23.7. The van der Waals surface area contributed by atoms with Crippen molar-refractivity contribution in [1.29, 1.82) is 0 Å². The molecule has 0 fully saturated rings. The fourth-order valence-electron chi connectivity index (χ4n) is 7.53. The van der Waals surface area contributed by atoms with Crippen molar-refractivity contribution in [3.8, 4) is 68.1 Å². The lowest BCUT2D eigenvalue weighted by Gasteiger charge is -2.15. The van der Waals surface area contributed by atoms with Gasteiger partial charge >= 0.3 is 24.7 Å². The van der Waals surface area contributed by atoms with Gasteiger partial charge in [-0.1, -0.05) is 36.4 Å². The van der Waals surface area contributed by atoms with Crippen LogP contribution in [0.2, 0.25) is 0 Å². The Labute approximate surface area is 407 Å². The number of nitrogens with zero attached hydrogens (tertiary/aromatic N) is 10. The van der Waals surface area contributed by atoms with Gasteiger partial charge in [0.2, 0.25) is 0 Å². The second-order valence-electron chi connectivity index (χ2n) is 16.2. The summed E-state index contributed by atoms with van der Waals surface area (Å²) in [6.45, 7) is 0.342. The van der Waals surface area contributed by atoms with Crippen molar-refractivity contribution in [2.75, 3.05) is 0 Å². The van der Waals surface area contributed by atoms with Gasteiger partial charge in [0.25, 0.3) is 0 Å². The number of hydrogen-bond donors (Lipinski definition) is 0. The molecule has 0 atom stereocenters. The zero-order chi connectivity index (χ0) is 52.7. The van der Waals surface area contributed by atoms with Crippen LogP contribution in [0.25, 0.3) is 68.1 Å². The predicted molar refractivity (Wildman–Crippen MR) is 237 cm³/mol. The second kappa shape index (κ2) is 19.4. The van der Waals surface area contributed by atoms with Crippen LogP contribution >= 0.6 is 0 Å². The average Bonchev–Trinajstić information content (AvgIpc) is 3.98. The van der Waals surface area contributed by atoms with E-state index in [1.54, 1.807) is 82.5 Å². The van der Waals surface area contributed by atoms with Crippen molar-refractivity contribution < 1.29 is 61.5 Å². The maximum absolute atomic E-state index is 14.1. The van der Waals surface area contributed by atoms with Crippen LogP contribution in [0.5, 0.6) is 0 Å². The van der Waals surface area contributed by atoms with Gasteiger partial charge in [-0.25, -0.2) is 28.7 Å². The number of aromatic nitrogens is 10. The van der Waals surface area contributed by atoms with Gasteiger partial charge in [0.05, 0.1) is 80.6 Å². The number of pyridine rings is 2. The molecule has 376 valence electrons. The van der Waals surface area contributed by atoms with E-state index in [0.717, 1.165) is 12.1 Å². The molecule has 10 rings (SSSR count). The Morgan fingerprint density at radius 3 is 1.07 bits per heavy atom. The lowest BCUT2D eigenvalue weighted by Crippen LogP contribution is -2.12. The maximum atomic E-state index is 14.1. The topological polar surface area (TPSA) is 113 Å². The van der Waals surface area contributed by atoms with E-state index in [1.165, 1.54) is 36.4 Å². The van der Waals surface area contributed by atoms with E-state index in [0.29, 0.717) is 46.3 Å². The fraction of sp³-hybridized carbons (Fsp3) is 0.120. The Morgan fingerprint density at radius 1 is 0.351 bits per heavy atom.